The Morgan fingerprint density at radius 2 is 2.17 bits per heavy atom. The molecule has 0 saturated carbocycles. The number of nitrogens with zero attached hydrogens (tertiary/aromatic N) is 1. The molecule has 0 saturated heterocycles. The van der Waals surface area contributed by atoms with Crippen molar-refractivity contribution in [3.05, 3.63) is 47.9 Å². The summed E-state index contributed by atoms with van der Waals surface area (Å²) in [6.07, 6.45) is 1.43. The Bertz CT molecular complexity index is 599. The van der Waals surface area contributed by atoms with Gasteiger partial charge in [-0.25, -0.2) is 9.18 Å². The van der Waals surface area contributed by atoms with Crippen LogP contribution in [0.3, 0.4) is 0 Å². The Kier molecular flexibility index (Phi) is 3.23. The van der Waals surface area contributed by atoms with Gasteiger partial charge in [-0.2, -0.15) is 0 Å². The second kappa shape index (κ2) is 4.83. The maximum Gasteiger partial charge on any atom is 0.337 e. The average molecular weight is 247 g/mol. The first-order valence-corrected chi connectivity index (χ1v) is 5.15. The lowest BCUT2D eigenvalue weighted by Gasteiger charge is -2.06. The van der Waals surface area contributed by atoms with Crippen LogP contribution in [0.2, 0.25) is 0 Å². The Hall–Kier alpha value is -2.43. The number of esters is 1. The number of hydrogen-bond acceptors (Lipinski definition) is 4. The topological polar surface area (TPSA) is 59.4 Å². The van der Waals surface area contributed by atoms with E-state index in [4.69, 9.17) is 0 Å². The van der Waals surface area contributed by atoms with Crippen molar-refractivity contribution < 1.29 is 19.0 Å². The first-order chi connectivity index (χ1) is 8.63. The normalized spacial score (nSPS) is 10.1. The van der Waals surface area contributed by atoms with E-state index in [1.807, 2.05) is 0 Å². The smallest absolute Gasteiger partial charge is 0.337 e. The molecule has 0 bridgehead atoms. The summed E-state index contributed by atoms with van der Waals surface area (Å²) in [5.74, 6) is -1.30. The monoisotopic (exact) mass is 247 g/mol. The molecule has 2 rings (SSSR count). The number of carbonyl (C=O) groups excluding carboxylic acids is 1. The Balaban J connectivity index is 2.57. The highest BCUT2D eigenvalue weighted by Gasteiger charge is 2.14. The van der Waals surface area contributed by atoms with E-state index in [1.54, 1.807) is 0 Å². The lowest BCUT2D eigenvalue weighted by atomic mass is 10.1. The van der Waals surface area contributed by atoms with Gasteiger partial charge in [0.2, 0.25) is 0 Å². The minimum absolute atomic E-state index is 0.0519. The van der Waals surface area contributed by atoms with Crippen molar-refractivity contribution in [2.24, 2.45) is 0 Å². The Morgan fingerprint density at radius 3 is 2.83 bits per heavy atom. The standard InChI is InChI=1S/C13H10FNO3/c1-18-13(17)8-4-5-10(14)9(7-8)12-11(16)3-2-6-15-12/h2-7,16H,1H3. The summed E-state index contributed by atoms with van der Waals surface area (Å²) in [4.78, 5) is 15.3. The SMILES string of the molecule is COC(=O)c1ccc(F)c(-c2ncccc2O)c1. The van der Waals surface area contributed by atoms with E-state index in [-0.39, 0.29) is 22.6 Å². The van der Waals surface area contributed by atoms with Crippen LogP contribution in [0.5, 0.6) is 5.75 Å². The third kappa shape index (κ3) is 2.15. The number of carbonyl (C=O) groups is 1. The summed E-state index contributed by atoms with van der Waals surface area (Å²) in [5, 5.41) is 9.63. The quantitative estimate of drug-likeness (QED) is 0.828. The first-order valence-electron chi connectivity index (χ1n) is 5.15. The zero-order valence-corrected chi connectivity index (χ0v) is 9.55. The molecule has 4 nitrogen and oxygen atoms in total. The number of aromatic hydroxyl groups is 1. The predicted molar refractivity (Wildman–Crippen MR) is 62.6 cm³/mol. The van der Waals surface area contributed by atoms with E-state index >= 15 is 0 Å². The molecule has 1 aromatic heterocycles. The molecule has 0 amide bonds. The summed E-state index contributed by atoms with van der Waals surface area (Å²) in [5.41, 5.74) is 0.329. The third-order valence-corrected chi connectivity index (χ3v) is 2.43. The van der Waals surface area contributed by atoms with Crippen molar-refractivity contribution in [1.82, 2.24) is 4.98 Å². The number of methoxy groups -OCH3 is 1. The van der Waals surface area contributed by atoms with Crippen molar-refractivity contribution in [3.63, 3.8) is 0 Å². The fourth-order valence-corrected chi connectivity index (χ4v) is 1.56. The van der Waals surface area contributed by atoms with Gasteiger partial charge in [-0.15, -0.1) is 0 Å². The first kappa shape index (κ1) is 12.0. The molecule has 0 radical (unpaired) electrons. The molecule has 1 N–H and O–H groups in total. The summed E-state index contributed by atoms with van der Waals surface area (Å²) in [7, 11) is 1.24. The minimum Gasteiger partial charge on any atom is -0.506 e. The van der Waals surface area contributed by atoms with Gasteiger partial charge in [0.15, 0.2) is 0 Å². The summed E-state index contributed by atoms with van der Waals surface area (Å²) < 4.78 is 18.3. The molecule has 2 aromatic rings. The largest absolute Gasteiger partial charge is 0.506 e. The zero-order chi connectivity index (χ0) is 13.1. The number of halogens is 1. The van der Waals surface area contributed by atoms with Gasteiger partial charge >= 0.3 is 5.97 Å². The van der Waals surface area contributed by atoms with Crippen LogP contribution in [0, 0.1) is 5.82 Å². The van der Waals surface area contributed by atoms with E-state index in [9.17, 15) is 14.3 Å². The molecular formula is C13H10FNO3. The van der Waals surface area contributed by atoms with E-state index in [1.165, 1.54) is 37.6 Å². The second-order valence-electron chi connectivity index (χ2n) is 3.56. The highest BCUT2D eigenvalue weighted by Crippen LogP contribution is 2.29. The highest BCUT2D eigenvalue weighted by molar-refractivity contribution is 5.91. The molecule has 1 heterocycles. The molecule has 0 unspecified atom stereocenters. The number of hydrogen-bond donors (Lipinski definition) is 1. The lowest BCUT2D eigenvalue weighted by Crippen LogP contribution is -2.02. The number of benzene rings is 1. The van der Waals surface area contributed by atoms with E-state index in [0.29, 0.717) is 0 Å². The molecule has 0 atom stereocenters. The fraction of sp³-hybridized carbons (Fsp3) is 0.0769. The Morgan fingerprint density at radius 1 is 1.39 bits per heavy atom. The number of aromatic nitrogens is 1. The summed E-state index contributed by atoms with van der Waals surface area (Å²) in [6, 6.07) is 6.66. The van der Waals surface area contributed by atoms with Gasteiger partial charge in [-0.3, -0.25) is 4.98 Å². The molecule has 5 heteroatoms. The molecule has 0 aliphatic heterocycles. The highest BCUT2D eigenvalue weighted by atomic mass is 19.1. The van der Waals surface area contributed by atoms with Crippen LogP contribution in [0.25, 0.3) is 11.3 Å². The number of rotatable bonds is 2. The number of pyridine rings is 1. The van der Waals surface area contributed by atoms with Crippen LogP contribution in [0.15, 0.2) is 36.5 Å². The second-order valence-corrected chi connectivity index (χ2v) is 3.56. The minimum atomic E-state index is -0.577. The lowest BCUT2D eigenvalue weighted by molar-refractivity contribution is 0.0600. The van der Waals surface area contributed by atoms with Gasteiger partial charge in [0.25, 0.3) is 0 Å². The summed E-state index contributed by atoms with van der Waals surface area (Å²) in [6.45, 7) is 0. The predicted octanol–water partition coefficient (Wildman–Crippen LogP) is 2.38. The van der Waals surface area contributed by atoms with E-state index in [2.05, 4.69) is 9.72 Å². The third-order valence-electron chi connectivity index (χ3n) is 2.43. The molecule has 92 valence electrons. The zero-order valence-electron chi connectivity index (χ0n) is 9.55. The van der Waals surface area contributed by atoms with Crippen molar-refractivity contribution in [1.29, 1.82) is 0 Å². The van der Waals surface area contributed by atoms with E-state index in [0.717, 1.165) is 6.07 Å². The van der Waals surface area contributed by atoms with Crippen LogP contribution >= 0.6 is 0 Å². The van der Waals surface area contributed by atoms with Crippen LogP contribution in [0.4, 0.5) is 4.39 Å². The molecule has 0 aliphatic rings. The van der Waals surface area contributed by atoms with Gasteiger partial charge in [0.1, 0.15) is 17.3 Å². The van der Waals surface area contributed by atoms with Crippen molar-refractivity contribution >= 4 is 5.97 Å². The molecule has 0 fully saturated rings. The van der Waals surface area contributed by atoms with Crippen molar-refractivity contribution in [2.75, 3.05) is 7.11 Å². The molecule has 1 aromatic carbocycles. The molecule has 0 aliphatic carbocycles. The van der Waals surface area contributed by atoms with Gasteiger partial charge in [-0.05, 0) is 30.3 Å². The van der Waals surface area contributed by atoms with Crippen LogP contribution in [0.1, 0.15) is 10.4 Å². The molecule has 0 spiro atoms. The Labute approximate surface area is 103 Å². The van der Waals surface area contributed by atoms with Gasteiger partial charge in [-0.1, -0.05) is 0 Å². The van der Waals surface area contributed by atoms with Crippen LogP contribution in [-0.2, 0) is 4.74 Å². The van der Waals surface area contributed by atoms with Crippen molar-refractivity contribution in [2.45, 2.75) is 0 Å². The van der Waals surface area contributed by atoms with Gasteiger partial charge in [0, 0.05) is 11.8 Å². The number of ether oxygens (including phenoxy) is 1. The molecule has 18 heavy (non-hydrogen) atoms. The average Bonchev–Trinajstić information content (AvgIpc) is 2.39. The fourth-order valence-electron chi connectivity index (χ4n) is 1.56. The summed E-state index contributed by atoms with van der Waals surface area (Å²) >= 11 is 0. The maximum absolute atomic E-state index is 13.7. The maximum atomic E-state index is 13.7. The molecular weight excluding hydrogens is 237 g/mol. The van der Waals surface area contributed by atoms with Crippen molar-refractivity contribution in [3.8, 4) is 17.0 Å². The van der Waals surface area contributed by atoms with Crippen LogP contribution < -0.4 is 0 Å². The van der Waals surface area contributed by atoms with Gasteiger partial charge in [0.05, 0.1) is 12.7 Å². The van der Waals surface area contributed by atoms with E-state index < -0.39 is 11.8 Å². The van der Waals surface area contributed by atoms with Gasteiger partial charge < -0.3 is 9.84 Å². The van der Waals surface area contributed by atoms with Crippen LogP contribution in [-0.4, -0.2) is 23.2 Å².